The van der Waals surface area contributed by atoms with Crippen molar-refractivity contribution in [1.82, 2.24) is 0 Å². The SMILES string of the molecule is CCCCCC/C=C\C=C/CCCCCCCC(=O)O[C@H](COC(=O)CCCCCCCCCCCCCCC)COP(=O)(O)OC[C@H](O)COP(=O)(O)OC[C@@H](COC(=O)CCCCCCCCCCCCCCCCCC(C)C)OC(=O)CCCCCCCCCCCCCCCCCCC(C)C. The van der Waals surface area contributed by atoms with Crippen molar-refractivity contribution in [3.05, 3.63) is 24.3 Å². The highest BCUT2D eigenvalue weighted by Crippen LogP contribution is 2.45. The molecule has 0 saturated carbocycles. The summed E-state index contributed by atoms with van der Waals surface area (Å²) in [5, 5.41) is 10.7. The number of hydrogen-bond acceptors (Lipinski definition) is 15. The molecule has 0 rings (SSSR count). The van der Waals surface area contributed by atoms with Crippen LogP contribution in [-0.4, -0.2) is 96.7 Å². The smallest absolute Gasteiger partial charge is 0.462 e. The Morgan fingerprint density at radius 1 is 0.295 bits per heavy atom. The average molecular weight is 1530 g/mol. The van der Waals surface area contributed by atoms with Crippen molar-refractivity contribution in [2.75, 3.05) is 39.6 Å². The molecule has 0 spiro atoms. The summed E-state index contributed by atoms with van der Waals surface area (Å²) in [6.45, 7) is 9.66. The number of hydrogen-bond donors (Lipinski definition) is 3. The summed E-state index contributed by atoms with van der Waals surface area (Å²) in [5.74, 6) is -0.518. The highest BCUT2D eigenvalue weighted by Gasteiger charge is 2.30. The van der Waals surface area contributed by atoms with E-state index in [1.165, 1.54) is 238 Å². The third kappa shape index (κ3) is 79.4. The Morgan fingerprint density at radius 3 is 0.781 bits per heavy atom. The van der Waals surface area contributed by atoms with E-state index in [-0.39, 0.29) is 25.7 Å². The Balaban J connectivity index is 5.29. The molecular formula is C86H164O17P2. The van der Waals surface area contributed by atoms with E-state index in [0.29, 0.717) is 25.7 Å². The number of carbonyl (C=O) groups excluding carboxylic acids is 4. The zero-order chi connectivity index (χ0) is 77.1. The molecule has 0 saturated heterocycles. The number of unbranched alkanes of at least 4 members (excludes halogenated alkanes) is 50. The lowest BCUT2D eigenvalue weighted by atomic mass is 10.0. The third-order valence-corrected chi connectivity index (χ3v) is 21.5. The first-order chi connectivity index (χ1) is 50.9. The summed E-state index contributed by atoms with van der Waals surface area (Å²) in [6.07, 6.45) is 71.5. The van der Waals surface area contributed by atoms with E-state index in [2.05, 4.69) is 65.8 Å². The Kier molecular flexibility index (Phi) is 75.1. The van der Waals surface area contributed by atoms with E-state index in [9.17, 15) is 43.2 Å². The molecule has 0 aromatic rings. The van der Waals surface area contributed by atoms with Gasteiger partial charge in [-0.3, -0.25) is 37.3 Å². The first-order valence-corrected chi connectivity index (χ1v) is 46.8. The number of rotatable bonds is 83. The number of esters is 4. The van der Waals surface area contributed by atoms with Gasteiger partial charge in [0.15, 0.2) is 12.2 Å². The number of aliphatic hydroxyl groups is 1. The van der Waals surface area contributed by atoms with Crippen molar-refractivity contribution in [2.45, 2.75) is 452 Å². The van der Waals surface area contributed by atoms with E-state index in [0.717, 1.165) is 115 Å². The van der Waals surface area contributed by atoms with Crippen LogP contribution in [0.1, 0.15) is 433 Å². The van der Waals surface area contributed by atoms with Crippen LogP contribution < -0.4 is 0 Å². The molecular weight excluding hydrogens is 1370 g/mol. The number of allylic oxidation sites excluding steroid dienone is 4. The lowest BCUT2D eigenvalue weighted by Crippen LogP contribution is -2.30. The summed E-state index contributed by atoms with van der Waals surface area (Å²) in [5.41, 5.74) is 0. The van der Waals surface area contributed by atoms with Gasteiger partial charge < -0.3 is 33.8 Å². The van der Waals surface area contributed by atoms with Gasteiger partial charge in [0.1, 0.15) is 19.3 Å². The van der Waals surface area contributed by atoms with Gasteiger partial charge in [-0.25, -0.2) is 9.13 Å². The molecule has 0 bridgehead atoms. The van der Waals surface area contributed by atoms with Gasteiger partial charge in [-0.15, -0.1) is 0 Å². The quantitative estimate of drug-likeness (QED) is 0.0169. The molecule has 0 heterocycles. The second-order valence-corrected chi connectivity index (χ2v) is 34.1. The summed E-state index contributed by atoms with van der Waals surface area (Å²) >= 11 is 0. The lowest BCUT2D eigenvalue weighted by molar-refractivity contribution is -0.161. The molecule has 2 unspecified atom stereocenters. The van der Waals surface area contributed by atoms with Gasteiger partial charge in [0.2, 0.25) is 0 Å². The minimum Gasteiger partial charge on any atom is -0.462 e. The van der Waals surface area contributed by atoms with Crippen LogP contribution in [-0.2, 0) is 65.4 Å². The predicted molar refractivity (Wildman–Crippen MR) is 432 cm³/mol. The van der Waals surface area contributed by atoms with Crippen LogP contribution in [0.2, 0.25) is 0 Å². The van der Waals surface area contributed by atoms with Gasteiger partial charge in [-0.1, -0.05) is 380 Å². The maximum absolute atomic E-state index is 13.1. The van der Waals surface area contributed by atoms with Crippen molar-refractivity contribution < 1.29 is 80.2 Å². The largest absolute Gasteiger partial charge is 0.472 e. The molecule has 5 atom stereocenters. The van der Waals surface area contributed by atoms with E-state index in [1.807, 2.05) is 0 Å². The van der Waals surface area contributed by atoms with Gasteiger partial charge in [-0.2, -0.15) is 0 Å². The van der Waals surface area contributed by atoms with Gasteiger partial charge in [0.25, 0.3) is 0 Å². The van der Waals surface area contributed by atoms with E-state index < -0.39 is 97.5 Å². The molecule has 0 aromatic carbocycles. The van der Waals surface area contributed by atoms with Gasteiger partial charge in [0.05, 0.1) is 26.4 Å². The van der Waals surface area contributed by atoms with Crippen molar-refractivity contribution in [1.29, 1.82) is 0 Å². The summed E-state index contributed by atoms with van der Waals surface area (Å²) < 4.78 is 68.9. The van der Waals surface area contributed by atoms with Crippen LogP contribution >= 0.6 is 15.6 Å². The first kappa shape index (κ1) is 103. The average Bonchev–Trinajstić information content (AvgIpc) is 0.917. The maximum atomic E-state index is 13.1. The fraction of sp³-hybridized carbons (Fsp3) is 0.907. The summed E-state index contributed by atoms with van der Waals surface area (Å²) in [7, 11) is -9.94. The molecule has 105 heavy (non-hydrogen) atoms. The topological polar surface area (TPSA) is 237 Å². The number of carbonyl (C=O) groups is 4. The fourth-order valence-corrected chi connectivity index (χ4v) is 14.5. The Bertz CT molecular complexity index is 2110. The van der Waals surface area contributed by atoms with Crippen molar-refractivity contribution >= 4 is 39.5 Å². The van der Waals surface area contributed by atoms with Crippen LogP contribution in [0.5, 0.6) is 0 Å². The molecule has 17 nitrogen and oxygen atoms in total. The van der Waals surface area contributed by atoms with Crippen molar-refractivity contribution in [2.24, 2.45) is 11.8 Å². The minimum absolute atomic E-state index is 0.0857. The number of phosphoric ester groups is 2. The van der Waals surface area contributed by atoms with Crippen LogP contribution in [0.15, 0.2) is 24.3 Å². The second kappa shape index (κ2) is 76.9. The van der Waals surface area contributed by atoms with E-state index >= 15 is 0 Å². The maximum Gasteiger partial charge on any atom is 0.472 e. The molecule has 0 aliphatic carbocycles. The highest BCUT2D eigenvalue weighted by molar-refractivity contribution is 7.47. The first-order valence-electron chi connectivity index (χ1n) is 43.8. The predicted octanol–water partition coefficient (Wildman–Crippen LogP) is 25.8. The number of aliphatic hydroxyl groups excluding tert-OH is 1. The van der Waals surface area contributed by atoms with Gasteiger partial charge in [0, 0.05) is 25.7 Å². The Morgan fingerprint density at radius 2 is 0.514 bits per heavy atom. The van der Waals surface area contributed by atoms with Crippen LogP contribution in [0.4, 0.5) is 0 Å². The molecule has 3 N–H and O–H groups in total. The van der Waals surface area contributed by atoms with Crippen molar-refractivity contribution in [3.8, 4) is 0 Å². The molecule has 0 fully saturated rings. The second-order valence-electron chi connectivity index (χ2n) is 31.2. The normalized spacial score (nSPS) is 14.0. The monoisotopic (exact) mass is 1530 g/mol. The van der Waals surface area contributed by atoms with E-state index in [4.69, 9.17) is 37.0 Å². The summed E-state index contributed by atoms with van der Waals surface area (Å²) in [4.78, 5) is 73.2. The zero-order valence-electron chi connectivity index (χ0n) is 68.5. The van der Waals surface area contributed by atoms with Crippen LogP contribution in [0, 0.1) is 11.8 Å². The van der Waals surface area contributed by atoms with Gasteiger partial charge >= 0.3 is 39.5 Å². The Hall–Kier alpha value is -2.46. The minimum atomic E-state index is -4.97. The molecule has 0 aliphatic heterocycles. The van der Waals surface area contributed by atoms with E-state index in [1.54, 1.807) is 0 Å². The zero-order valence-corrected chi connectivity index (χ0v) is 70.3. The standard InChI is InChI=1S/C86H164O17P2/c1-7-9-11-13-15-17-19-21-25-34-40-46-52-58-64-70-85(90)102-81(74-96-83(88)68-62-56-50-44-38-30-20-18-16-14-12-10-8-2)76-100-104(92,93)98-72-80(87)73-99-105(94,95)101-77-82(75-97-84(89)69-63-57-51-45-39-33-29-24-27-32-37-43-49-55-61-67-79(5)6)103-86(91)71-65-59-53-47-41-35-28-23-22-26-31-36-42-48-54-60-66-78(3)4/h17,19,21,25,78-82,87H,7-16,18,20,22-24,26-77H2,1-6H3,(H,92,93)(H,94,95)/b19-17-,25-21-/t80-,81+,82+/m0/s1. The van der Waals surface area contributed by atoms with Gasteiger partial charge in [-0.05, 0) is 63.2 Å². The molecule has 0 amide bonds. The lowest BCUT2D eigenvalue weighted by Gasteiger charge is -2.21. The number of ether oxygens (including phenoxy) is 4. The third-order valence-electron chi connectivity index (χ3n) is 19.6. The Labute approximate surface area is 643 Å². The molecule has 620 valence electrons. The molecule has 0 aromatic heterocycles. The number of phosphoric acid groups is 2. The van der Waals surface area contributed by atoms with Crippen LogP contribution in [0.25, 0.3) is 0 Å². The van der Waals surface area contributed by atoms with Crippen LogP contribution in [0.3, 0.4) is 0 Å². The fourth-order valence-electron chi connectivity index (χ4n) is 12.9. The highest BCUT2D eigenvalue weighted by atomic mass is 31.2. The molecule has 19 heteroatoms. The van der Waals surface area contributed by atoms with Crippen molar-refractivity contribution in [3.63, 3.8) is 0 Å². The molecule has 0 radical (unpaired) electrons. The molecule has 0 aliphatic rings. The summed E-state index contributed by atoms with van der Waals surface area (Å²) in [6, 6.07) is 0.